The highest BCUT2D eigenvalue weighted by atomic mass is 35.5. The van der Waals surface area contributed by atoms with E-state index in [1.54, 1.807) is 24.3 Å². The Morgan fingerprint density at radius 2 is 1.78 bits per heavy atom. The second-order valence-corrected chi connectivity index (χ2v) is 6.61. The number of carbonyl (C=O) groups excluding carboxylic acids is 1. The van der Waals surface area contributed by atoms with Gasteiger partial charge in [0.2, 0.25) is 0 Å². The molecule has 0 heterocycles. The van der Waals surface area contributed by atoms with Crippen LogP contribution in [-0.4, -0.2) is 28.0 Å². The van der Waals surface area contributed by atoms with Crippen LogP contribution in [0, 0.1) is 0 Å². The largest absolute Gasteiger partial charge is 0.484 e. The minimum Gasteiger partial charge on any atom is -0.484 e. The summed E-state index contributed by atoms with van der Waals surface area (Å²) in [4.78, 5) is 11.2. The molecule has 1 amide bonds. The molecule has 0 unspecified atom stereocenters. The van der Waals surface area contributed by atoms with Crippen LogP contribution in [0.2, 0.25) is 5.02 Å². The van der Waals surface area contributed by atoms with Gasteiger partial charge in [0.15, 0.2) is 6.61 Å². The van der Waals surface area contributed by atoms with Gasteiger partial charge in [0.05, 0.1) is 15.6 Å². The van der Waals surface area contributed by atoms with Crippen molar-refractivity contribution in [3.8, 4) is 5.75 Å². The molecule has 0 aliphatic rings. The monoisotopic (exact) mass is 354 g/mol. The van der Waals surface area contributed by atoms with Crippen LogP contribution in [0.4, 0.5) is 5.69 Å². The third-order valence-electron chi connectivity index (χ3n) is 2.90. The van der Waals surface area contributed by atoms with Gasteiger partial charge in [-0.2, -0.15) is 0 Å². The van der Waals surface area contributed by atoms with Gasteiger partial charge in [0.25, 0.3) is 15.9 Å². The molecule has 0 saturated carbocycles. The zero-order valence-electron chi connectivity index (χ0n) is 12.2. The second-order valence-electron chi connectivity index (χ2n) is 4.52. The lowest BCUT2D eigenvalue weighted by Gasteiger charge is -2.10. The average molecular weight is 355 g/mol. The highest BCUT2D eigenvalue weighted by Gasteiger charge is 2.15. The molecule has 0 spiro atoms. The van der Waals surface area contributed by atoms with E-state index in [0.717, 1.165) is 0 Å². The Morgan fingerprint density at radius 1 is 1.13 bits per heavy atom. The summed E-state index contributed by atoms with van der Waals surface area (Å²) >= 11 is 5.94. The van der Waals surface area contributed by atoms with Gasteiger partial charge in [-0.1, -0.05) is 23.7 Å². The lowest BCUT2D eigenvalue weighted by molar-refractivity contribution is -0.122. The predicted molar refractivity (Wildman–Crippen MR) is 88.3 cm³/mol. The molecule has 2 N–H and O–H groups in total. The van der Waals surface area contributed by atoms with E-state index in [1.807, 2.05) is 0 Å². The summed E-state index contributed by atoms with van der Waals surface area (Å²) in [6.07, 6.45) is 0. The molecule has 0 radical (unpaired) electrons. The van der Waals surface area contributed by atoms with Gasteiger partial charge in [-0.05, 0) is 36.4 Å². The third kappa shape index (κ3) is 4.61. The Bertz CT molecular complexity index is 791. The number of hydrogen-bond acceptors (Lipinski definition) is 4. The van der Waals surface area contributed by atoms with Gasteiger partial charge in [0, 0.05) is 7.05 Å². The zero-order valence-corrected chi connectivity index (χ0v) is 13.8. The van der Waals surface area contributed by atoms with Crippen LogP contribution >= 0.6 is 11.6 Å². The van der Waals surface area contributed by atoms with Crippen molar-refractivity contribution < 1.29 is 17.9 Å². The molecule has 122 valence electrons. The van der Waals surface area contributed by atoms with Gasteiger partial charge >= 0.3 is 0 Å². The number of likely N-dealkylation sites (N-methyl/N-ethyl adjacent to an activating group) is 1. The van der Waals surface area contributed by atoms with Gasteiger partial charge in [-0.3, -0.25) is 9.52 Å². The SMILES string of the molecule is CNC(=O)COc1ccc(S(=O)(=O)Nc2ccccc2Cl)cc1. The van der Waals surface area contributed by atoms with Crippen molar-refractivity contribution in [3.63, 3.8) is 0 Å². The Hall–Kier alpha value is -2.25. The molecule has 2 rings (SSSR count). The van der Waals surface area contributed by atoms with Crippen LogP contribution in [0.25, 0.3) is 0 Å². The number of benzene rings is 2. The standard InChI is InChI=1S/C15H15ClN2O4S/c1-17-15(19)10-22-11-6-8-12(9-7-11)23(20,21)18-14-5-3-2-4-13(14)16/h2-9,18H,10H2,1H3,(H,17,19). The first kappa shape index (κ1) is 17.1. The van der Waals surface area contributed by atoms with E-state index < -0.39 is 10.0 Å². The number of halogens is 1. The Labute approximate surface area is 139 Å². The molecular weight excluding hydrogens is 340 g/mol. The number of hydrogen-bond donors (Lipinski definition) is 2. The first-order chi connectivity index (χ1) is 10.9. The summed E-state index contributed by atoms with van der Waals surface area (Å²) < 4.78 is 32.2. The fourth-order valence-corrected chi connectivity index (χ4v) is 3.00. The third-order valence-corrected chi connectivity index (χ3v) is 4.61. The Balaban J connectivity index is 2.11. The van der Waals surface area contributed by atoms with E-state index in [4.69, 9.17) is 16.3 Å². The topological polar surface area (TPSA) is 84.5 Å². The second kappa shape index (κ2) is 7.34. The van der Waals surface area contributed by atoms with Crippen molar-refractivity contribution in [3.05, 3.63) is 53.6 Å². The lowest BCUT2D eigenvalue weighted by Crippen LogP contribution is -2.24. The van der Waals surface area contributed by atoms with Crippen LogP contribution in [-0.2, 0) is 14.8 Å². The molecule has 0 fully saturated rings. The van der Waals surface area contributed by atoms with Gasteiger partial charge < -0.3 is 10.1 Å². The number of rotatable bonds is 6. The molecule has 0 aromatic heterocycles. The summed E-state index contributed by atoms with van der Waals surface area (Å²) in [5.74, 6) is 0.118. The van der Waals surface area contributed by atoms with E-state index in [9.17, 15) is 13.2 Å². The summed E-state index contributed by atoms with van der Waals surface area (Å²) in [5.41, 5.74) is 0.300. The molecule has 0 aliphatic heterocycles. The lowest BCUT2D eigenvalue weighted by atomic mass is 10.3. The molecular formula is C15H15ClN2O4S. The number of carbonyl (C=O) groups is 1. The first-order valence-corrected chi connectivity index (χ1v) is 8.49. The van der Waals surface area contributed by atoms with E-state index in [-0.39, 0.29) is 17.4 Å². The van der Waals surface area contributed by atoms with Crippen molar-refractivity contribution in [2.45, 2.75) is 4.90 Å². The minimum atomic E-state index is -3.76. The van der Waals surface area contributed by atoms with Crippen molar-refractivity contribution in [1.29, 1.82) is 0 Å². The molecule has 23 heavy (non-hydrogen) atoms. The van der Waals surface area contributed by atoms with Gasteiger partial charge in [-0.25, -0.2) is 8.42 Å². The molecule has 6 nitrogen and oxygen atoms in total. The predicted octanol–water partition coefficient (Wildman–Crippen LogP) is 2.27. The van der Waals surface area contributed by atoms with Crippen molar-refractivity contribution in [1.82, 2.24) is 5.32 Å². The van der Waals surface area contributed by atoms with Gasteiger partial charge in [0.1, 0.15) is 5.75 Å². The summed E-state index contributed by atoms with van der Waals surface area (Å²) in [7, 11) is -2.26. The molecule has 0 atom stereocenters. The van der Waals surface area contributed by atoms with Crippen LogP contribution < -0.4 is 14.8 Å². The number of ether oxygens (including phenoxy) is 1. The first-order valence-electron chi connectivity index (χ1n) is 6.63. The van der Waals surface area contributed by atoms with Crippen molar-refractivity contribution >= 4 is 33.2 Å². The molecule has 2 aromatic rings. The number of sulfonamides is 1. The van der Waals surface area contributed by atoms with Crippen LogP contribution in [0.15, 0.2) is 53.4 Å². The van der Waals surface area contributed by atoms with Crippen molar-refractivity contribution in [2.75, 3.05) is 18.4 Å². The maximum absolute atomic E-state index is 12.3. The molecule has 0 bridgehead atoms. The molecule has 8 heteroatoms. The zero-order chi connectivity index (χ0) is 16.9. The summed E-state index contributed by atoms with van der Waals surface area (Å²) in [5, 5.41) is 2.73. The Morgan fingerprint density at radius 3 is 2.39 bits per heavy atom. The molecule has 0 aliphatic carbocycles. The quantitative estimate of drug-likeness (QED) is 0.833. The summed E-state index contributed by atoms with van der Waals surface area (Å²) in [6, 6.07) is 12.3. The maximum Gasteiger partial charge on any atom is 0.261 e. The van der Waals surface area contributed by atoms with Crippen molar-refractivity contribution in [2.24, 2.45) is 0 Å². The number of amides is 1. The van der Waals surface area contributed by atoms with Gasteiger partial charge in [-0.15, -0.1) is 0 Å². The normalized spacial score (nSPS) is 10.9. The smallest absolute Gasteiger partial charge is 0.261 e. The van der Waals surface area contributed by atoms with E-state index in [0.29, 0.717) is 16.5 Å². The fourth-order valence-electron chi connectivity index (χ4n) is 1.68. The summed E-state index contributed by atoms with van der Waals surface area (Å²) in [6.45, 7) is -0.138. The fraction of sp³-hybridized carbons (Fsp3) is 0.133. The number of anilines is 1. The van der Waals surface area contributed by atoms with E-state index in [2.05, 4.69) is 10.0 Å². The molecule has 0 saturated heterocycles. The minimum absolute atomic E-state index is 0.0599. The van der Waals surface area contributed by atoms with Crippen LogP contribution in [0.1, 0.15) is 0 Å². The number of para-hydroxylation sites is 1. The van der Waals surface area contributed by atoms with E-state index >= 15 is 0 Å². The van der Waals surface area contributed by atoms with Crippen LogP contribution in [0.3, 0.4) is 0 Å². The highest BCUT2D eigenvalue weighted by molar-refractivity contribution is 7.92. The Kier molecular flexibility index (Phi) is 5.46. The van der Waals surface area contributed by atoms with Crippen LogP contribution in [0.5, 0.6) is 5.75 Å². The highest BCUT2D eigenvalue weighted by Crippen LogP contribution is 2.24. The maximum atomic E-state index is 12.3. The van der Waals surface area contributed by atoms with E-state index in [1.165, 1.54) is 31.3 Å². The number of nitrogens with one attached hydrogen (secondary N) is 2. The molecule has 2 aromatic carbocycles. The average Bonchev–Trinajstić information content (AvgIpc) is 2.55.